The Morgan fingerprint density at radius 2 is 1.77 bits per heavy atom. The number of rotatable bonds is 11. The summed E-state index contributed by atoms with van der Waals surface area (Å²) in [7, 11) is 0. The molecule has 17 heteroatoms. The van der Waals surface area contributed by atoms with E-state index < -0.39 is 34.7 Å². The number of carbonyl (C=O) groups is 4. The van der Waals surface area contributed by atoms with E-state index in [0.717, 1.165) is 55.9 Å². The maximum absolute atomic E-state index is 13.7. The van der Waals surface area contributed by atoms with Crippen LogP contribution in [-0.4, -0.2) is 111 Å². The largest absolute Gasteiger partial charge is 0.417 e. The van der Waals surface area contributed by atoms with Crippen LogP contribution in [0.3, 0.4) is 0 Å². The molecule has 4 aliphatic rings. The van der Waals surface area contributed by atoms with Gasteiger partial charge in [-0.25, -0.2) is 0 Å². The predicted molar refractivity (Wildman–Crippen MR) is 209 cm³/mol. The normalized spacial score (nSPS) is 26.0. The first kappa shape index (κ1) is 42.1. The van der Waals surface area contributed by atoms with Gasteiger partial charge in [0.15, 0.2) is 5.11 Å². The van der Waals surface area contributed by atoms with Gasteiger partial charge in [-0.15, -0.1) is 0 Å². The van der Waals surface area contributed by atoms with E-state index in [9.17, 15) is 37.6 Å². The zero-order chi connectivity index (χ0) is 41.2. The summed E-state index contributed by atoms with van der Waals surface area (Å²) < 4.78 is 47.4. The Morgan fingerprint density at radius 1 is 1.07 bits per heavy atom. The van der Waals surface area contributed by atoms with Gasteiger partial charge in [0.1, 0.15) is 5.54 Å². The van der Waals surface area contributed by atoms with Crippen LogP contribution >= 0.6 is 12.2 Å². The van der Waals surface area contributed by atoms with Crippen molar-refractivity contribution < 1.29 is 37.1 Å². The molecule has 2 aromatic rings. The molecule has 0 spiro atoms. The number of nitrogens with one attached hydrogen (secondary N) is 2. The van der Waals surface area contributed by atoms with Crippen LogP contribution in [0.1, 0.15) is 95.4 Å². The maximum atomic E-state index is 13.7. The minimum Gasteiger partial charge on any atom is -0.378 e. The fourth-order valence-electron chi connectivity index (χ4n) is 8.65. The second kappa shape index (κ2) is 17.2. The third-order valence-corrected chi connectivity index (χ3v) is 11.9. The SMILES string of the molecule is C[C@@H]1CN(CCCOC2CCC(N3C(=S)N(c4ccc(C#N)c(C(F)(F)F)c4)C(=O)C3(C)C)CC2)C[C@H](C)N1CC(=O)Nc1ccc(C2CCC(=O)NC2=O)nc1. The van der Waals surface area contributed by atoms with Gasteiger partial charge < -0.3 is 19.9 Å². The van der Waals surface area contributed by atoms with Crippen molar-refractivity contribution in [2.45, 2.75) is 115 Å². The first-order chi connectivity index (χ1) is 27.0. The van der Waals surface area contributed by atoms with Crippen molar-refractivity contribution in [2.75, 3.05) is 43.0 Å². The lowest BCUT2D eigenvalue weighted by Crippen LogP contribution is -2.58. The Morgan fingerprint density at radius 3 is 2.39 bits per heavy atom. The molecule has 57 heavy (non-hydrogen) atoms. The van der Waals surface area contributed by atoms with Crippen molar-refractivity contribution in [2.24, 2.45) is 0 Å². The average molecular weight is 811 g/mol. The Kier molecular flexibility index (Phi) is 12.7. The summed E-state index contributed by atoms with van der Waals surface area (Å²) in [5.41, 5.74) is -1.59. The monoisotopic (exact) mass is 810 g/mol. The predicted octanol–water partition coefficient (Wildman–Crippen LogP) is 4.96. The Bertz CT molecular complexity index is 1900. The molecular weight excluding hydrogens is 762 g/mol. The summed E-state index contributed by atoms with van der Waals surface area (Å²) in [5.74, 6) is -1.68. The first-order valence-electron chi connectivity index (χ1n) is 19.5. The number of nitrogens with zero attached hydrogens (tertiary/aromatic N) is 6. The van der Waals surface area contributed by atoms with Crippen LogP contribution in [0.4, 0.5) is 24.5 Å². The summed E-state index contributed by atoms with van der Waals surface area (Å²) in [6.07, 6.45) is 1.31. The van der Waals surface area contributed by atoms with Crippen LogP contribution in [-0.2, 0) is 30.1 Å². The lowest BCUT2D eigenvalue weighted by molar-refractivity contribution is -0.138. The number of imide groups is 1. The molecule has 1 aromatic heterocycles. The van der Waals surface area contributed by atoms with Crippen LogP contribution in [0.2, 0.25) is 0 Å². The highest BCUT2D eigenvalue weighted by molar-refractivity contribution is 7.80. The first-order valence-corrected chi connectivity index (χ1v) is 19.9. The van der Waals surface area contributed by atoms with Crippen molar-refractivity contribution in [1.29, 1.82) is 5.26 Å². The van der Waals surface area contributed by atoms with Crippen LogP contribution < -0.4 is 15.5 Å². The highest BCUT2D eigenvalue weighted by Gasteiger charge is 2.52. The molecule has 13 nitrogen and oxygen atoms in total. The van der Waals surface area contributed by atoms with E-state index in [0.29, 0.717) is 37.3 Å². The lowest BCUT2D eigenvalue weighted by Gasteiger charge is -2.44. The fraction of sp³-hybridized carbons (Fsp3) is 0.575. The van der Waals surface area contributed by atoms with Crippen molar-refractivity contribution in [3.8, 4) is 6.07 Å². The zero-order valence-electron chi connectivity index (χ0n) is 32.6. The lowest BCUT2D eigenvalue weighted by atomic mass is 9.89. The van der Waals surface area contributed by atoms with Gasteiger partial charge in [0.2, 0.25) is 17.7 Å². The van der Waals surface area contributed by atoms with Crippen molar-refractivity contribution in [3.63, 3.8) is 0 Å². The number of alkyl halides is 3. The second-order valence-electron chi connectivity index (χ2n) is 16.0. The number of nitriles is 1. The summed E-state index contributed by atoms with van der Waals surface area (Å²) >= 11 is 5.73. The molecule has 0 radical (unpaired) electrons. The van der Waals surface area contributed by atoms with E-state index in [-0.39, 0.29) is 65.7 Å². The highest BCUT2D eigenvalue weighted by Crippen LogP contribution is 2.41. The molecule has 3 aliphatic heterocycles. The minimum absolute atomic E-state index is 0.00916. The topological polar surface area (TPSA) is 151 Å². The molecule has 2 N–H and O–H groups in total. The molecule has 1 saturated carbocycles. The Labute approximate surface area is 335 Å². The number of benzene rings is 1. The molecule has 4 amide bonds. The van der Waals surface area contributed by atoms with Gasteiger partial charge in [-0.05, 0) is 109 Å². The molecule has 3 saturated heterocycles. The summed E-state index contributed by atoms with van der Waals surface area (Å²) in [6, 6.07) is 8.45. The number of ether oxygens (including phenoxy) is 1. The molecule has 4 fully saturated rings. The number of carbonyl (C=O) groups excluding carboxylic acids is 4. The van der Waals surface area contributed by atoms with E-state index in [1.54, 1.807) is 32.0 Å². The number of hydrogen-bond donors (Lipinski definition) is 2. The summed E-state index contributed by atoms with van der Waals surface area (Å²) in [4.78, 5) is 62.2. The van der Waals surface area contributed by atoms with Crippen LogP contribution in [0.5, 0.6) is 0 Å². The van der Waals surface area contributed by atoms with E-state index in [1.807, 2.05) is 4.90 Å². The molecule has 1 aromatic carbocycles. The smallest absolute Gasteiger partial charge is 0.378 e. The number of hydrogen-bond acceptors (Lipinski definition) is 10. The van der Waals surface area contributed by atoms with Crippen molar-refractivity contribution in [1.82, 2.24) is 25.0 Å². The number of amides is 4. The molecule has 1 unspecified atom stereocenters. The van der Waals surface area contributed by atoms with E-state index in [4.69, 9.17) is 17.0 Å². The van der Waals surface area contributed by atoms with Gasteiger partial charge in [0.25, 0.3) is 5.91 Å². The zero-order valence-corrected chi connectivity index (χ0v) is 33.4. The molecule has 4 heterocycles. The van der Waals surface area contributed by atoms with Gasteiger partial charge in [-0.1, -0.05) is 0 Å². The number of thiocarbonyl (C=S) groups is 1. The van der Waals surface area contributed by atoms with E-state index in [1.165, 1.54) is 12.3 Å². The molecule has 306 valence electrons. The number of pyridine rings is 1. The van der Waals surface area contributed by atoms with E-state index in [2.05, 4.69) is 39.3 Å². The molecule has 3 atom stereocenters. The summed E-state index contributed by atoms with van der Waals surface area (Å²) in [6.45, 7) is 11.0. The Hall–Kier alpha value is -4.50. The number of anilines is 2. The van der Waals surface area contributed by atoms with Crippen LogP contribution in [0.15, 0.2) is 36.5 Å². The van der Waals surface area contributed by atoms with Crippen LogP contribution in [0, 0.1) is 11.3 Å². The second-order valence-corrected chi connectivity index (χ2v) is 16.4. The third kappa shape index (κ3) is 9.30. The minimum atomic E-state index is -4.76. The molecule has 0 bridgehead atoms. The number of piperidine rings is 1. The third-order valence-electron chi connectivity index (χ3n) is 11.6. The number of aromatic nitrogens is 1. The van der Waals surface area contributed by atoms with Gasteiger partial charge in [-0.2, -0.15) is 18.4 Å². The van der Waals surface area contributed by atoms with Crippen LogP contribution in [0.25, 0.3) is 0 Å². The van der Waals surface area contributed by atoms with Gasteiger partial charge in [0, 0.05) is 50.8 Å². The fourth-order valence-corrected chi connectivity index (χ4v) is 9.22. The average Bonchev–Trinajstić information content (AvgIpc) is 3.33. The van der Waals surface area contributed by atoms with Crippen molar-refractivity contribution >= 4 is 52.3 Å². The number of piperazine rings is 1. The number of halogens is 3. The molecule has 1 aliphatic carbocycles. The van der Waals surface area contributed by atoms with Gasteiger partial charge in [-0.3, -0.25) is 39.3 Å². The quantitative estimate of drug-likeness (QED) is 0.180. The maximum Gasteiger partial charge on any atom is 0.417 e. The standard InChI is InChI=1S/C40H49F3N8O5S/c1-24-21-48(22-25(2)49(24)23-35(53)46-27-7-14-33(45-20-27)31-13-15-34(52)47-36(31)54)16-5-17-56-30-11-9-28(10-12-30)51-38(57)50(37(55)39(51,3)4)29-8-6-26(19-44)32(18-29)40(41,42)43/h6-8,14,18,20,24-25,28,30-31H,5,9-13,15-17,21-23H2,1-4H3,(H,46,53)(H,47,52,54)/t24-,25+,28?,30?,31?. The Balaban J connectivity index is 0.918. The highest BCUT2D eigenvalue weighted by atomic mass is 32.1. The van der Waals surface area contributed by atoms with Gasteiger partial charge in [0.05, 0.1) is 59.0 Å². The van der Waals surface area contributed by atoms with Crippen molar-refractivity contribution in [3.05, 3.63) is 53.3 Å². The summed E-state index contributed by atoms with van der Waals surface area (Å²) in [5, 5.41) is 14.6. The molecular formula is C40H49F3N8O5S. The van der Waals surface area contributed by atoms with Gasteiger partial charge >= 0.3 is 6.18 Å². The van der Waals surface area contributed by atoms with E-state index >= 15 is 0 Å². The molecule has 6 rings (SSSR count).